The monoisotopic (exact) mass is 425 g/mol. The van der Waals surface area contributed by atoms with Crippen molar-refractivity contribution in [1.29, 1.82) is 0 Å². The van der Waals surface area contributed by atoms with Crippen molar-refractivity contribution in [2.24, 2.45) is 5.92 Å². The lowest BCUT2D eigenvalue weighted by Gasteiger charge is -2.30. The molecule has 7 heteroatoms. The van der Waals surface area contributed by atoms with E-state index in [1.807, 2.05) is 35.2 Å². The molecule has 4 rings (SSSR count). The molecular weight excluding hydrogens is 394 g/mol. The lowest BCUT2D eigenvalue weighted by atomic mass is 9.99. The number of aromatic nitrogens is 1. The summed E-state index contributed by atoms with van der Waals surface area (Å²) in [5.41, 5.74) is 1.86. The smallest absolute Gasteiger partial charge is 0.236 e. The molecule has 0 spiro atoms. The SMILES string of the molecule is O=C1CN(Cc2cccc(O)c2)CC(OCc2ccccn2)CN1CC1CCOCC1. The van der Waals surface area contributed by atoms with Crippen LogP contribution in [0.3, 0.4) is 0 Å². The number of phenolic OH excluding ortho intramolecular Hbond substituents is 1. The molecule has 1 amide bonds. The molecule has 1 unspecified atom stereocenters. The average molecular weight is 426 g/mol. The highest BCUT2D eigenvalue weighted by Crippen LogP contribution is 2.20. The molecule has 2 aromatic rings. The maximum atomic E-state index is 13.1. The maximum absolute atomic E-state index is 13.1. The van der Waals surface area contributed by atoms with Crippen LogP contribution in [0.4, 0.5) is 0 Å². The van der Waals surface area contributed by atoms with Crippen LogP contribution in [0.2, 0.25) is 0 Å². The third-order valence-electron chi connectivity index (χ3n) is 5.93. The minimum Gasteiger partial charge on any atom is -0.508 e. The van der Waals surface area contributed by atoms with Gasteiger partial charge >= 0.3 is 0 Å². The van der Waals surface area contributed by atoms with E-state index in [-0.39, 0.29) is 17.8 Å². The van der Waals surface area contributed by atoms with Gasteiger partial charge in [-0.2, -0.15) is 0 Å². The van der Waals surface area contributed by atoms with Crippen LogP contribution in [0.1, 0.15) is 24.1 Å². The largest absolute Gasteiger partial charge is 0.508 e. The number of phenols is 1. The summed E-state index contributed by atoms with van der Waals surface area (Å²) in [4.78, 5) is 21.5. The van der Waals surface area contributed by atoms with Gasteiger partial charge in [-0.3, -0.25) is 14.7 Å². The Balaban J connectivity index is 1.45. The second-order valence-electron chi connectivity index (χ2n) is 8.45. The van der Waals surface area contributed by atoms with Crippen molar-refractivity contribution in [2.75, 3.05) is 39.4 Å². The third kappa shape index (κ3) is 6.50. The van der Waals surface area contributed by atoms with E-state index in [1.54, 1.807) is 18.3 Å². The second-order valence-corrected chi connectivity index (χ2v) is 8.45. The second kappa shape index (κ2) is 10.7. The highest BCUT2D eigenvalue weighted by Gasteiger charge is 2.30. The van der Waals surface area contributed by atoms with Crippen LogP contribution < -0.4 is 0 Å². The number of carbonyl (C=O) groups is 1. The number of benzene rings is 1. The van der Waals surface area contributed by atoms with Gasteiger partial charge in [0.25, 0.3) is 0 Å². The fourth-order valence-electron chi connectivity index (χ4n) is 4.29. The predicted octanol–water partition coefficient (Wildman–Crippen LogP) is 2.44. The van der Waals surface area contributed by atoms with Gasteiger partial charge in [-0.15, -0.1) is 0 Å². The lowest BCUT2D eigenvalue weighted by Crippen LogP contribution is -2.42. The first kappa shape index (κ1) is 21.7. The van der Waals surface area contributed by atoms with Gasteiger partial charge in [-0.25, -0.2) is 0 Å². The zero-order chi connectivity index (χ0) is 21.5. The molecule has 7 nitrogen and oxygen atoms in total. The molecule has 31 heavy (non-hydrogen) atoms. The van der Waals surface area contributed by atoms with Crippen LogP contribution in [0.5, 0.6) is 5.75 Å². The summed E-state index contributed by atoms with van der Waals surface area (Å²) >= 11 is 0. The Bertz CT molecular complexity index is 842. The average Bonchev–Trinajstić information content (AvgIpc) is 2.92. The Morgan fingerprint density at radius 3 is 2.77 bits per heavy atom. The van der Waals surface area contributed by atoms with Crippen molar-refractivity contribution in [3.63, 3.8) is 0 Å². The molecule has 2 aliphatic heterocycles. The van der Waals surface area contributed by atoms with E-state index >= 15 is 0 Å². The standard InChI is InChI=1S/C24H31N3O4/c28-22-6-3-4-20(12-22)13-26-15-23(31-18-21-5-1-2-9-25-21)16-27(24(29)17-26)14-19-7-10-30-11-8-19/h1-6,9,12,19,23,28H,7-8,10-11,13-18H2. The van der Waals surface area contributed by atoms with Gasteiger partial charge in [0.1, 0.15) is 5.75 Å². The normalized spacial score (nSPS) is 21.2. The molecule has 0 radical (unpaired) electrons. The first-order chi connectivity index (χ1) is 15.2. The first-order valence-corrected chi connectivity index (χ1v) is 11.0. The Morgan fingerprint density at radius 2 is 2.00 bits per heavy atom. The molecule has 3 heterocycles. The highest BCUT2D eigenvalue weighted by molar-refractivity contribution is 5.78. The predicted molar refractivity (Wildman–Crippen MR) is 116 cm³/mol. The van der Waals surface area contributed by atoms with Crippen molar-refractivity contribution in [2.45, 2.75) is 32.1 Å². The summed E-state index contributed by atoms with van der Waals surface area (Å²) in [6.07, 6.45) is 3.65. The van der Waals surface area contributed by atoms with Crippen molar-refractivity contribution in [3.05, 3.63) is 59.9 Å². The van der Waals surface area contributed by atoms with Gasteiger partial charge in [0, 0.05) is 45.6 Å². The van der Waals surface area contributed by atoms with E-state index in [1.165, 1.54) is 0 Å². The van der Waals surface area contributed by atoms with Crippen molar-refractivity contribution < 1.29 is 19.4 Å². The topological polar surface area (TPSA) is 75.1 Å². The summed E-state index contributed by atoms with van der Waals surface area (Å²) in [5, 5.41) is 9.80. The summed E-state index contributed by atoms with van der Waals surface area (Å²) in [6, 6.07) is 13.0. The molecular formula is C24H31N3O4. The molecule has 2 fully saturated rings. The van der Waals surface area contributed by atoms with Gasteiger partial charge in [0.05, 0.1) is 24.9 Å². The van der Waals surface area contributed by atoms with Crippen molar-refractivity contribution >= 4 is 5.91 Å². The van der Waals surface area contributed by atoms with E-state index in [0.717, 1.165) is 43.9 Å². The summed E-state index contributed by atoms with van der Waals surface area (Å²) in [6.45, 7) is 4.90. The van der Waals surface area contributed by atoms with Crippen molar-refractivity contribution in [1.82, 2.24) is 14.8 Å². The van der Waals surface area contributed by atoms with Gasteiger partial charge in [-0.05, 0) is 48.6 Å². The number of hydrogen-bond acceptors (Lipinski definition) is 6. The van der Waals surface area contributed by atoms with Crippen molar-refractivity contribution in [3.8, 4) is 5.75 Å². The van der Waals surface area contributed by atoms with E-state index in [9.17, 15) is 9.90 Å². The van der Waals surface area contributed by atoms with Crippen LogP contribution in [-0.2, 0) is 27.4 Å². The minimum atomic E-state index is -0.106. The molecule has 0 saturated carbocycles. The molecule has 2 saturated heterocycles. The van der Waals surface area contributed by atoms with Crippen LogP contribution in [0.15, 0.2) is 48.7 Å². The van der Waals surface area contributed by atoms with Gasteiger partial charge < -0.3 is 19.5 Å². The Kier molecular flexibility index (Phi) is 7.51. The fourth-order valence-corrected chi connectivity index (χ4v) is 4.29. The molecule has 166 valence electrons. The molecule has 0 bridgehead atoms. The first-order valence-electron chi connectivity index (χ1n) is 11.0. The quantitative estimate of drug-likeness (QED) is 0.735. The van der Waals surface area contributed by atoms with Gasteiger partial charge in [0.15, 0.2) is 0 Å². The summed E-state index contributed by atoms with van der Waals surface area (Å²) in [7, 11) is 0. The minimum absolute atomic E-state index is 0.106. The molecule has 1 N–H and O–H groups in total. The van der Waals surface area contributed by atoms with Crippen LogP contribution in [0.25, 0.3) is 0 Å². The van der Waals surface area contributed by atoms with E-state index in [0.29, 0.717) is 38.7 Å². The number of rotatable bonds is 7. The Labute approximate surface area is 183 Å². The summed E-state index contributed by atoms with van der Waals surface area (Å²) in [5.74, 6) is 0.852. The number of ether oxygens (including phenoxy) is 2. The third-order valence-corrected chi connectivity index (χ3v) is 5.93. The van der Waals surface area contributed by atoms with Crippen LogP contribution in [0, 0.1) is 5.92 Å². The lowest BCUT2D eigenvalue weighted by molar-refractivity contribution is -0.133. The molecule has 2 aliphatic rings. The highest BCUT2D eigenvalue weighted by atomic mass is 16.5. The molecule has 1 atom stereocenters. The van der Waals surface area contributed by atoms with E-state index < -0.39 is 0 Å². The summed E-state index contributed by atoms with van der Waals surface area (Å²) < 4.78 is 11.7. The number of carbonyl (C=O) groups excluding carboxylic acids is 1. The van der Waals surface area contributed by atoms with Gasteiger partial charge in [-0.1, -0.05) is 18.2 Å². The van der Waals surface area contributed by atoms with Gasteiger partial charge in [0.2, 0.25) is 5.91 Å². The van der Waals surface area contributed by atoms with E-state index in [4.69, 9.17) is 9.47 Å². The molecule has 1 aromatic heterocycles. The number of aromatic hydroxyl groups is 1. The maximum Gasteiger partial charge on any atom is 0.236 e. The number of pyridine rings is 1. The molecule has 0 aliphatic carbocycles. The zero-order valence-corrected chi connectivity index (χ0v) is 17.9. The molecule has 1 aromatic carbocycles. The number of nitrogens with zero attached hydrogens (tertiary/aromatic N) is 3. The zero-order valence-electron chi connectivity index (χ0n) is 17.9. The number of hydrogen-bond donors (Lipinski definition) is 1. The fraction of sp³-hybridized carbons (Fsp3) is 0.500. The Morgan fingerprint density at radius 1 is 1.13 bits per heavy atom. The number of amides is 1. The van der Waals surface area contributed by atoms with E-state index in [2.05, 4.69) is 9.88 Å². The van der Waals surface area contributed by atoms with Crippen LogP contribution in [-0.4, -0.2) is 71.3 Å². The Hall–Kier alpha value is -2.48. The van der Waals surface area contributed by atoms with Crippen LogP contribution >= 0.6 is 0 Å².